The molecule has 1 saturated heterocycles. The molecule has 0 unspecified atom stereocenters. The Labute approximate surface area is 160 Å². The fourth-order valence-electron chi connectivity index (χ4n) is 4.68. The van der Waals surface area contributed by atoms with Gasteiger partial charge in [0.15, 0.2) is 0 Å². The number of carbonyl (C=O) groups is 1. The zero-order chi connectivity index (χ0) is 19.0. The molecule has 0 bridgehead atoms. The van der Waals surface area contributed by atoms with Crippen molar-refractivity contribution in [3.8, 4) is 0 Å². The molecule has 1 saturated carbocycles. The fraction of sp³-hybridized carbons (Fsp3) is 0.455. The highest BCUT2D eigenvalue weighted by molar-refractivity contribution is 5.72. The number of nitrogen functional groups attached to an aromatic ring is 1. The number of benzene rings is 1. The highest BCUT2D eigenvalue weighted by Gasteiger charge is 2.51. The van der Waals surface area contributed by atoms with Gasteiger partial charge in [0.05, 0.1) is 6.04 Å². The van der Waals surface area contributed by atoms with Crippen LogP contribution in [0.15, 0.2) is 48.7 Å². The van der Waals surface area contributed by atoms with Gasteiger partial charge in [0, 0.05) is 12.2 Å². The molecule has 2 aliphatic rings. The van der Waals surface area contributed by atoms with E-state index in [0.29, 0.717) is 11.7 Å². The molecule has 27 heavy (non-hydrogen) atoms. The van der Waals surface area contributed by atoms with Crippen LogP contribution in [0.4, 0.5) is 10.6 Å². The number of rotatable bonds is 3. The van der Waals surface area contributed by atoms with Crippen LogP contribution in [0.3, 0.4) is 0 Å². The summed E-state index contributed by atoms with van der Waals surface area (Å²) in [5.74, 6) is 1.04. The van der Waals surface area contributed by atoms with Crippen LogP contribution < -0.4 is 5.73 Å². The number of nitrogens with two attached hydrogens (primary N) is 1. The van der Waals surface area contributed by atoms with Crippen molar-refractivity contribution in [1.82, 2.24) is 9.88 Å². The molecule has 5 nitrogen and oxygen atoms in total. The van der Waals surface area contributed by atoms with Crippen molar-refractivity contribution in [2.45, 2.75) is 63.1 Å². The molecule has 2 fully saturated rings. The van der Waals surface area contributed by atoms with E-state index in [1.54, 1.807) is 0 Å². The van der Waals surface area contributed by atoms with Crippen LogP contribution >= 0.6 is 0 Å². The van der Waals surface area contributed by atoms with E-state index in [9.17, 15) is 4.79 Å². The Hall–Kier alpha value is -2.56. The Balaban J connectivity index is 1.52. The number of nitrogens with zero attached hydrogens (tertiary/aromatic N) is 2. The summed E-state index contributed by atoms with van der Waals surface area (Å²) in [4.78, 5) is 19.0. The van der Waals surface area contributed by atoms with Gasteiger partial charge in [0.1, 0.15) is 11.4 Å². The van der Waals surface area contributed by atoms with Crippen LogP contribution in [-0.2, 0) is 4.74 Å². The highest BCUT2D eigenvalue weighted by Crippen LogP contribution is 2.46. The number of hydrogen-bond donors (Lipinski definition) is 1. The minimum atomic E-state index is -0.532. The van der Waals surface area contributed by atoms with E-state index >= 15 is 0 Å². The summed E-state index contributed by atoms with van der Waals surface area (Å²) in [5.41, 5.74) is 7.55. The van der Waals surface area contributed by atoms with Gasteiger partial charge in [-0.15, -0.1) is 0 Å². The molecular weight excluding hydrogens is 338 g/mol. The topological polar surface area (TPSA) is 68.5 Å². The lowest BCUT2D eigenvalue weighted by atomic mass is 9.80. The third-order valence-electron chi connectivity index (χ3n) is 5.98. The Morgan fingerprint density at radius 2 is 1.74 bits per heavy atom. The molecule has 2 N–H and O–H groups in total. The summed E-state index contributed by atoms with van der Waals surface area (Å²) < 4.78 is 5.77. The lowest BCUT2D eigenvalue weighted by Crippen LogP contribution is -2.42. The molecule has 5 heteroatoms. The van der Waals surface area contributed by atoms with E-state index < -0.39 is 5.60 Å². The van der Waals surface area contributed by atoms with Crippen LogP contribution in [0.2, 0.25) is 0 Å². The number of anilines is 1. The molecule has 2 aromatic rings. The molecule has 1 aromatic carbocycles. The van der Waals surface area contributed by atoms with E-state index in [2.05, 4.69) is 23.2 Å². The Morgan fingerprint density at radius 3 is 2.37 bits per heavy atom. The van der Waals surface area contributed by atoms with Gasteiger partial charge in [-0.05, 0) is 62.6 Å². The summed E-state index contributed by atoms with van der Waals surface area (Å²) in [6.45, 7) is 4.02. The van der Waals surface area contributed by atoms with Crippen molar-refractivity contribution in [2.75, 3.05) is 5.73 Å². The molecule has 0 radical (unpaired) electrons. The summed E-state index contributed by atoms with van der Waals surface area (Å²) in [6.07, 6.45) is 5.74. The number of cyclic esters (lactones) is 1. The zero-order valence-corrected chi connectivity index (χ0v) is 16.0. The van der Waals surface area contributed by atoms with Crippen LogP contribution in [0.25, 0.3) is 0 Å². The van der Waals surface area contributed by atoms with Crippen molar-refractivity contribution in [3.05, 3.63) is 59.8 Å². The first-order valence-electron chi connectivity index (χ1n) is 9.73. The van der Waals surface area contributed by atoms with Gasteiger partial charge in [0.25, 0.3) is 0 Å². The average molecular weight is 365 g/mol. The Bertz CT molecular complexity index is 796. The van der Waals surface area contributed by atoms with Crippen molar-refractivity contribution >= 4 is 11.9 Å². The number of ether oxygens (including phenoxy) is 1. The Morgan fingerprint density at radius 1 is 1.04 bits per heavy atom. The normalized spacial score (nSPS) is 27.4. The second kappa shape index (κ2) is 6.87. The van der Waals surface area contributed by atoms with E-state index in [-0.39, 0.29) is 18.2 Å². The van der Waals surface area contributed by atoms with Crippen molar-refractivity contribution < 1.29 is 9.53 Å². The standard InChI is InChI=1S/C22H27N3O2/c1-22(2)20(16-6-4-3-5-7-16)25(21(26)27-22)18-11-8-15(9-12-18)17-10-13-19(23)24-14-17/h3-7,10,13-15,18,20H,8-9,11-12H2,1-2H3,(H2,23,24)/t15-,18-,20-/m1/s1. The van der Waals surface area contributed by atoms with Gasteiger partial charge in [0.2, 0.25) is 0 Å². The lowest BCUT2D eigenvalue weighted by molar-refractivity contribution is 0.0664. The van der Waals surface area contributed by atoms with E-state index in [1.165, 1.54) is 5.56 Å². The summed E-state index contributed by atoms with van der Waals surface area (Å²) in [5, 5.41) is 0. The van der Waals surface area contributed by atoms with Crippen molar-refractivity contribution in [3.63, 3.8) is 0 Å². The molecular formula is C22H27N3O2. The Kier molecular flexibility index (Phi) is 4.54. The molecule has 142 valence electrons. The third kappa shape index (κ3) is 3.38. The predicted molar refractivity (Wildman–Crippen MR) is 105 cm³/mol. The summed E-state index contributed by atoms with van der Waals surface area (Å²) in [6, 6.07) is 14.3. The van der Waals surface area contributed by atoms with Crippen LogP contribution in [0, 0.1) is 0 Å². The average Bonchev–Trinajstić information content (AvgIpc) is 2.91. The molecule has 1 aliphatic carbocycles. The van der Waals surface area contributed by atoms with Crippen LogP contribution in [0.1, 0.15) is 62.6 Å². The first-order chi connectivity index (χ1) is 13.0. The van der Waals surface area contributed by atoms with E-state index in [4.69, 9.17) is 10.5 Å². The maximum Gasteiger partial charge on any atom is 0.411 e. The summed E-state index contributed by atoms with van der Waals surface area (Å²) in [7, 11) is 0. The molecule has 0 spiro atoms. The fourth-order valence-corrected chi connectivity index (χ4v) is 4.68. The quantitative estimate of drug-likeness (QED) is 0.859. The second-order valence-electron chi connectivity index (χ2n) is 8.21. The molecule has 1 aliphatic heterocycles. The molecule has 1 aromatic heterocycles. The van der Waals surface area contributed by atoms with Crippen LogP contribution in [0.5, 0.6) is 0 Å². The molecule has 1 atom stereocenters. The van der Waals surface area contributed by atoms with Gasteiger partial charge < -0.3 is 10.5 Å². The predicted octanol–water partition coefficient (Wildman–Crippen LogP) is 4.66. The van der Waals surface area contributed by atoms with Gasteiger partial charge in [-0.2, -0.15) is 0 Å². The molecule has 1 amide bonds. The number of carbonyl (C=O) groups excluding carboxylic acids is 1. The van der Waals surface area contributed by atoms with Crippen LogP contribution in [-0.4, -0.2) is 27.6 Å². The van der Waals surface area contributed by atoms with Gasteiger partial charge >= 0.3 is 6.09 Å². The number of pyridine rings is 1. The highest BCUT2D eigenvalue weighted by atomic mass is 16.6. The second-order valence-corrected chi connectivity index (χ2v) is 8.21. The van der Waals surface area contributed by atoms with Gasteiger partial charge in [-0.1, -0.05) is 36.4 Å². The largest absolute Gasteiger partial charge is 0.441 e. The summed E-state index contributed by atoms with van der Waals surface area (Å²) >= 11 is 0. The van der Waals surface area contributed by atoms with E-state index in [0.717, 1.165) is 31.2 Å². The van der Waals surface area contributed by atoms with Gasteiger partial charge in [-0.3, -0.25) is 4.90 Å². The molecule has 4 rings (SSSR count). The maximum absolute atomic E-state index is 12.7. The minimum Gasteiger partial charge on any atom is -0.441 e. The first-order valence-corrected chi connectivity index (χ1v) is 9.73. The third-order valence-corrected chi connectivity index (χ3v) is 5.98. The molecule has 2 heterocycles. The zero-order valence-electron chi connectivity index (χ0n) is 16.0. The SMILES string of the molecule is CC1(C)OC(=O)N([C@H]2CC[C@H](c3ccc(N)nc3)CC2)[C@@H]1c1ccccc1. The first kappa shape index (κ1) is 17.8. The number of aromatic nitrogens is 1. The number of amides is 1. The maximum atomic E-state index is 12.7. The van der Waals surface area contributed by atoms with Crippen molar-refractivity contribution in [1.29, 1.82) is 0 Å². The van der Waals surface area contributed by atoms with Gasteiger partial charge in [-0.25, -0.2) is 9.78 Å². The van der Waals surface area contributed by atoms with E-state index in [1.807, 2.05) is 49.2 Å². The number of hydrogen-bond acceptors (Lipinski definition) is 4. The smallest absolute Gasteiger partial charge is 0.411 e. The minimum absolute atomic E-state index is 0.0501. The monoisotopic (exact) mass is 365 g/mol. The lowest BCUT2D eigenvalue weighted by Gasteiger charge is -2.38. The van der Waals surface area contributed by atoms with Crippen molar-refractivity contribution in [2.24, 2.45) is 0 Å².